The van der Waals surface area contributed by atoms with E-state index in [2.05, 4.69) is 22.1 Å². The molecule has 7 heteroatoms. The molecule has 0 saturated heterocycles. The number of aromatic nitrogens is 3. The largest absolute Gasteiger partial charge is 0.495 e. The highest BCUT2D eigenvalue weighted by atomic mass is 35.5. The quantitative estimate of drug-likeness (QED) is 0.844. The Hall–Kier alpha value is -1.40. The number of ether oxygens (including phenoxy) is 1. The van der Waals surface area contributed by atoms with Gasteiger partial charge >= 0.3 is 0 Å². The number of hydrogen-bond acceptors (Lipinski definition) is 5. The van der Waals surface area contributed by atoms with Crippen LogP contribution in [0, 0.1) is 0 Å². The van der Waals surface area contributed by atoms with Crippen LogP contribution < -0.4 is 10.5 Å². The number of nitrogen functional groups attached to an aromatic ring is 1. The van der Waals surface area contributed by atoms with E-state index in [1.54, 1.807) is 7.11 Å². The molecule has 2 aromatic rings. The fourth-order valence-corrected chi connectivity index (χ4v) is 2.59. The van der Waals surface area contributed by atoms with Crippen LogP contribution in [0.1, 0.15) is 17.7 Å². The first-order chi connectivity index (χ1) is 8.60. The number of hydrogen-bond donors (Lipinski definition) is 2. The molecule has 96 valence electrons. The van der Waals surface area contributed by atoms with Crippen molar-refractivity contribution < 1.29 is 4.74 Å². The van der Waals surface area contributed by atoms with Gasteiger partial charge in [-0.15, -0.1) is 5.10 Å². The lowest BCUT2D eigenvalue weighted by Crippen LogP contribution is -1.91. The minimum Gasteiger partial charge on any atom is -0.495 e. The summed E-state index contributed by atoms with van der Waals surface area (Å²) in [4.78, 5) is 4.05. The standard InChI is InChI=1S/C11H13ClN4OS/c1-6(18-11-14-10(13)15-16-11)7-3-4-9(17-2)8(12)5-7/h3-6H,1-2H3,(H3,13,14,15,16)/t6-/m1/s1. The van der Waals surface area contributed by atoms with Crippen LogP contribution in [0.4, 0.5) is 5.95 Å². The second-order valence-electron chi connectivity index (χ2n) is 3.66. The number of aromatic amines is 1. The first-order valence-electron chi connectivity index (χ1n) is 5.28. The predicted octanol–water partition coefficient (Wildman–Crippen LogP) is 2.90. The second-order valence-corrected chi connectivity index (χ2v) is 5.37. The highest BCUT2D eigenvalue weighted by molar-refractivity contribution is 7.99. The van der Waals surface area contributed by atoms with Crippen LogP contribution in [0.25, 0.3) is 0 Å². The van der Waals surface area contributed by atoms with Crippen LogP contribution in [-0.2, 0) is 0 Å². The van der Waals surface area contributed by atoms with Crippen molar-refractivity contribution in [2.45, 2.75) is 17.3 Å². The number of halogens is 1. The molecule has 0 fully saturated rings. The first kappa shape index (κ1) is 13.0. The molecule has 2 rings (SSSR count). The molecule has 3 N–H and O–H groups in total. The molecule has 0 unspecified atom stereocenters. The number of nitrogens with zero attached hydrogens (tertiary/aromatic N) is 2. The van der Waals surface area contributed by atoms with Gasteiger partial charge in [0.2, 0.25) is 11.1 Å². The van der Waals surface area contributed by atoms with Gasteiger partial charge in [-0.25, -0.2) is 5.10 Å². The van der Waals surface area contributed by atoms with Crippen molar-refractivity contribution in [3.05, 3.63) is 28.8 Å². The molecule has 0 aliphatic heterocycles. The summed E-state index contributed by atoms with van der Waals surface area (Å²) >= 11 is 7.60. The molecule has 1 atom stereocenters. The molecular formula is C11H13ClN4OS. The van der Waals surface area contributed by atoms with E-state index < -0.39 is 0 Å². The molecule has 0 saturated carbocycles. The summed E-state index contributed by atoms with van der Waals surface area (Å²) in [6, 6.07) is 5.70. The van der Waals surface area contributed by atoms with Gasteiger partial charge in [-0.1, -0.05) is 29.4 Å². The molecule has 0 amide bonds. The smallest absolute Gasteiger partial charge is 0.216 e. The number of anilines is 1. The Balaban J connectivity index is 2.13. The van der Waals surface area contributed by atoms with Gasteiger partial charge in [0.05, 0.1) is 12.1 Å². The Labute approximate surface area is 114 Å². The summed E-state index contributed by atoms with van der Waals surface area (Å²) in [5.41, 5.74) is 6.55. The minimum atomic E-state index is 0.170. The number of benzene rings is 1. The molecule has 0 bridgehead atoms. The SMILES string of the molecule is COc1ccc([C@@H](C)Sc2n[nH]c(N)n2)cc1Cl. The third-order valence-electron chi connectivity index (χ3n) is 2.41. The zero-order valence-electron chi connectivity index (χ0n) is 9.98. The third kappa shape index (κ3) is 2.88. The summed E-state index contributed by atoms with van der Waals surface area (Å²) in [7, 11) is 1.59. The van der Waals surface area contributed by atoms with E-state index in [-0.39, 0.29) is 5.25 Å². The maximum Gasteiger partial charge on any atom is 0.216 e. The van der Waals surface area contributed by atoms with Crippen LogP contribution in [0.15, 0.2) is 23.4 Å². The van der Waals surface area contributed by atoms with E-state index in [9.17, 15) is 0 Å². The van der Waals surface area contributed by atoms with Crippen molar-refractivity contribution in [3.63, 3.8) is 0 Å². The average molecular weight is 285 g/mol. The van der Waals surface area contributed by atoms with Crippen molar-refractivity contribution >= 4 is 29.3 Å². The molecule has 1 aromatic carbocycles. The topological polar surface area (TPSA) is 76.8 Å². The van der Waals surface area contributed by atoms with Gasteiger partial charge in [0.15, 0.2) is 0 Å². The summed E-state index contributed by atoms with van der Waals surface area (Å²) < 4.78 is 5.12. The highest BCUT2D eigenvalue weighted by Crippen LogP contribution is 2.36. The molecule has 0 aliphatic carbocycles. The maximum absolute atomic E-state index is 6.09. The normalized spacial score (nSPS) is 12.4. The van der Waals surface area contributed by atoms with Crippen LogP contribution in [0.3, 0.4) is 0 Å². The zero-order valence-corrected chi connectivity index (χ0v) is 11.5. The van der Waals surface area contributed by atoms with Gasteiger partial charge in [0, 0.05) is 5.25 Å². The summed E-state index contributed by atoms with van der Waals surface area (Å²) in [6.45, 7) is 2.05. The van der Waals surface area contributed by atoms with Gasteiger partial charge < -0.3 is 10.5 Å². The summed E-state index contributed by atoms with van der Waals surface area (Å²) in [6.07, 6.45) is 0. The number of rotatable bonds is 4. The fraction of sp³-hybridized carbons (Fsp3) is 0.273. The van der Waals surface area contributed by atoms with Crippen LogP contribution >= 0.6 is 23.4 Å². The van der Waals surface area contributed by atoms with Gasteiger partial charge in [-0.3, -0.25) is 0 Å². The molecule has 0 spiro atoms. The molecule has 0 radical (unpaired) electrons. The number of nitrogens with two attached hydrogens (primary N) is 1. The van der Waals surface area contributed by atoms with E-state index in [0.717, 1.165) is 5.56 Å². The Bertz CT molecular complexity index is 546. The minimum absolute atomic E-state index is 0.170. The van der Waals surface area contributed by atoms with Crippen molar-refractivity contribution in [1.82, 2.24) is 15.2 Å². The maximum atomic E-state index is 6.09. The van der Waals surface area contributed by atoms with Gasteiger partial charge in [-0.05, 0) is 24.6 Å². The van der Waals surface area contributed by atoms with Crippen LogP contribution in [-0.4, -0.2) is 22.3 Å². The van der Waals surface area contributed by atoms with Gasteiger partial charge in [0.25, 0.3) is 0 Å². The molecule has 0 aliphatic rings. The summed E-state index contributed by atoms with van der Waals surface area (Å²) in [5, 5.41) is 7.97. The van der Waals surface area contributed by atoms with E-state index in [1.165, 1.54) is 11.8 Å². The molecule has 1 heterocycles. The van der Waals surface area contributed by atoms with E-state index in [0.29, 0.717) is 21.9 Å². The van der Waals surface area contributed by atoms with Crippen molar-refractivity contribution in [3.8, 4) is 5.75 Å². The van der Waals surface area contributed by atoms with Gasteiger partial charge in [0.1, 0.15) is 5.75 Å². The number of nitrogens with one attached hydrogen (secondary N) is 1. The number of H-pyrrole nitrogens is 1. The predicted molar refractivity (Wildman–Crippen MR) is 73.1 cm³/mol. The van der Waals surface area contributed by atoms with E-state index in [1.807, 2.05) is 18.2 Å². The highest BCUT2D eigenvalue weighted by Gasteiger charge is 2.12. The monoisotopic (exact) mass is 284 g/mol. The molecular weight excluding hydrogens is 272 g/mol. The van der Waals surface area contributed by atoms with E-state index in [4.69, 9.17) is 22.1 Å². The van der Waals surface area contributed by atoms with Crippen LogP contribution in [0.5, 0.6) is 5.75 Å². The number of methoxy groups -OCH3 is 1. The Morgan fingerprint density at radius 1 is 1.50 bits per heavy atom. The van der Waals surface area contributed by atoms with E-state index >= 15 is 0 Å². The lowest BCUT2D eigenvalue weighted by atomic mass is 10.1. The first-order valence-corrected chi connectivity index (χ1v) is 6.54. The van der Waals surface area contributed by atoms with Crippen LogP contribution in [0.2, 0.25) is 5.02 Å². The van der Waals surface area contributed by atoms with Crippen molar-refractivity contribution in [2.75, 3.05) is 12.8 Å². The molecule has 1 aromatic heterocycles. The zero-order chi connectivity index (χ0) is 13.1. The lowest BCUT2D eigenvalue weighted by molar-refractivity contribution is 0.415. The average Bonchev–Trinajstić information content (AvgIpc) is 2.74. The fourth-order valence-electron chi connectivity index (χ4n) is 1.47. The molecule has 5 nitrogen and oxygen atoms in total. The molecule has 18 heavy (non-hydrogen) atoms. The summed E-state index contributed by atoms with van der Waals surface area (Å²) in [5.74, 6) is 0.984. The lowest BCUT2D eigenvalue weighted by Gasteiger charge is -2.11. The number of thioether (sulfide) groups is 1. The Morgan fingerprint density at radius 3 is 2.83 bits per heavy atom. The van der Waals surface area contributed by atoms with Gasteiger partial charge in [-0.2, -0.15) is 4.98 Å². The van der Waals surface area contributed by atoms with Crippen molar-refractivity contribution in [2.24, 2.45) is 0 Å². The Morgan fingerprint density at radius 2 is 2.28 bits per heavy atom. The van der Waals surface area contributed by atoms with Crippen molar-refractivity contribution in [1.29, 1.82) is 0 Å². The third-order valence-corrected chi connectivity index (χ3v) is 3.72. The second kappa shape index (κ2) is 5.49. The Kier molecular flexibility index (Phi) is 3.98.